The summed E-state index contributed by atoms with van der Waals surface area (Å²) < 4.78 is 5.12. The Balaban J connectivity index is 2.44. The van der Waals surface area contributed by atoms with Crippen molar-refractivity contribution in [2.24, 2.45) is 0 Å². The molecule has 82 valence electrons. The van der Waals surface area contributed by atoms with Gasteiger partial charge in [-0.2, -0.15) is 0 Å². The highest BCUT2D eigenvalue weighted by atomic mass is 35.5. The SMILES string of the molecule is COc1ncc(-c2ccncc2)cc1CCl. The first kappa shape index (κ1) is 10.9. The predicted molar refractivity (Wildman–Crippen MR) is 63.6 cm³/mol. The van der Waals surface area contributed by atoms with Crippen molar-refractivity contribution in [3.8, 4) is 17.0 Å². The molecule has 2 aromatic heterocycles. The zero-order valence-electron chi connectivity index (χ0n) is 8.85. The van der Waals surface area contributed by atoms with E-state index >= 15 is 0 Å². The molecule has 3 nitrogen and oxygen atoms in total. The van der Waals surface area contributed by atoms with Crippen LogP contribution in [0.25, 0.3) is 11.1 Å². The summed E-state index contributed by atoms with van der Waals surface area (Å²) in [6, 6.07) is 5.84. The molecule has 2 aromatic rings. The van der Waals surface area contributed by atoms with Gasteiger partial charge in [-0.15, -0.1) is 11.6 Å². The van der Waals surface area contributed by atoms with Crippen LogP contribution >= 0.6 is 11.6 Å². The molecular formula is C12H11ClN2O. The summed E-state index contributed by atoms with van der Waals surface area (Å²) in [7, 11) is 1.59. The zero-order chi connectivity index (χ0) is 11.4. The first-order chi connectivity index (χ1) is 7.85. The molecule has 0 aliphatic heterocycles. The Kier molecular flexibility index (Phi) is 3.37. The van der Waals surface area contributed by atoms with E-state index in [1.165, 1.54) is 0 Å². The summed E-state index contributed by atoms with van der Waals surface area (Å²) in [5.74, 6) is 0.961. The van der Waals surface area contributed by atoms with E-state index in [0.29, 0.717) is 11.8 Å². The second kappa shape index (κ2) is 4.94. The van der Waals surface area contributed by atoms with Crippen LogP contribution in [0.15, 0.2) is 36.8 Å². The van der Waals surface area contributed by atoms with Crippen LogP contribution in [0.3, 0.4) is 0 Å². The fourth-order valence-corrected chi connectivity index (χ4v) is 1.67. The third kappa shape index (κ3) is 2.14. The van der Waals surface area contributed by atoms with Crippen LogP contribution in [-0.2, 0) is 5.88 Å². The van der Waals surface area contributed by atoms with E-state index in [0.717, 1.165) is 16.7 Å². The lowest BCUT2D eigenvalue weighted by atomic mass is 10.1. The number of ether oxygens (including phenoxy) is 1. The zero-order valence-corrected chi connectivity index (χ0v) is 9.61. The second-order valence-corrected chi connectivity index (χ2v) is 3.53. The van der Waals surface area contributed by atoms with Crippen LogP contribution in [0, 0.1) is 0 Å². The summed E-state index contributed by atoms with van der Waals surface area (Å²) in [4.78, 5) is 8.19. The van der Waals surface area contributed by atoms with E-state index in [9.17, 15) is 0 Å². The van der Waals surface area contributed by atoms with Gasteiger partial charge < -0.3 is 4.74 Å². The van der Waals surface area contributed by atoms with Crippen LogP contribution in [-0.4, -0.2) is 17.1 Å². The average molecular weight is 235 g/mol. The molecule has 0 aliphatic carbocycles. The van der Waals surface area contributed by atoms with Gasteiger partial charge in [0.05, 0.1) is 13.0 Å². The van der Waals surface area contributed by atoms with Gasteiger partial charge in [0.15, 0.2) is 0 Å². The van der Waals surface area contributed by atoms with Gasteiger partial charge in [-0.25, -0.2) is 4.98 Å². The maximum Gasteiger partial charge on any atom is 0.217 e. The maximum absolute atomic E-state index is 5.84. The molecule has 2 heterocycles. The standard InChI is InChI=1S/C12H11ClN2O/c1-16-12-10(7-13)6-11(8-15-12)9-2-4-14-5-3-9/h2-6,8H,7H2,1H3. The van der Waals surface area contributed by atoms with E-state index in [2.05, 4.69) is 9.97 Å². The first-order valence-electron chi connectivity index (χ1n) is 4.84. The minimum absolute atomic E-state index is 0.384. The number of nitrogens with zero attached hydrogens (tertiary/aromatic N) is 2. The number of rotatable bonds is 3. The van der Waals surface area contributed by atoms with Crippen molar-refractivity contribution in [3.05, 3.63) is 42.4 Å². The molecule has 2 rings (SSSR count). The molecular weight excluding hydrogens is 224 g/mol. The Morgan fingerprint density at radius 2 is 2.00 bits per heavy atom. The normalized spacial score (nSPS) is 10.1. The van der Waals surface area contributed by atoms with Crippen molar-refractivity contribution in [2.45, 2.75) is 5.88 Å². The van der Waals surface area contributed by atoms with Crippen LogP contribution in [0.2, 0.25) is 0 Å². The van der Waals surface area contributed by atoms with Crippen molar-refractivity contribution >= 4 is 11.6 Å². The minimum atomic E-state index is 0.384. The maximum atomic E-state index is 5.84. The van der Waals surface area contributed by atoms with Crippen molar-refractivity contribution in [1.29, 1.82) is 0 Å². The van der Waals surface area contributed by atoms with Gasteiger partial charge in [-0.05, 0) is 23.8 Å². The first-order valence-corrected chi connectivity index (χ1v) is 5.38. The largest absolute Gasteiger partial charge is 0.481 e. The van der Waals surface area contributed by atoms with Gasteiger partial charge in [-0.3, -0.25) is 4.98 Å². The molecule has 0 aliphatic rings. The molecule has 16 heavy (non-hydrogen) atoms. The second-order valence-electron chi connectivity index (χ2n) is 3.26. The lowest BCUT2D eigenvalue weighted by Gasteiger charge is -2.07. The number of aromatic nitrogens is 2. The molecule has 0 atom stereocenters. The molecule has 0 radical (unpaired) electrons. The van der Waals surface area contributed by atoms with Gasteiger partial charge in [0.1, 0.15) is 0 Å². The quantitative estimate of drug-likeness (QED) is 0.766. The van der Waals surface area contributed by atoms with Crippen LogP contribution in [0.1, 0.15) is 5.56 Å². The monoisotopic (exact) mass is 234 g/mol. The molecule has 0 aromatic carbocycles. The van der Waals surface area contributed by atoms with E-state index in [1.807, 2.05) is 18.2 Å². The lowest BCUT2D eigenvalue weighted by Crippen LogP contribution is -1.94. The predicted octanol–water partition coefficient (Wildman–Crippen LogP) is 2.89. The van der Waals surface area contributed by atoms with E-state index in [1.54, 1.807) is 25.7 Å². The smallest absolute Gasteiger partial charge is 0.217 e. The Morgan fingerprint density at radius 3 is 2.62 bits per heavy atom. The molecule has 0 spiro atoms. The molecule has 0 saturated carbocycles. The highest BCUT2D eigenvalue weighted by Gasteiger charge is 2.06. The number of pyridine rings is 2. The third-order valence-corrected chi connectivity index (χ3v) is 2.56. The highest BCUT2D eigenvalue weighted by molar-refractivity contribution is 6.17. The highest BCUT2D eigenvalue weighted by Crippen LogP contribution is 2.24. The van der Waals surface area contributed by atoms with E-state index in [4.69, 9.17) is 16.3 Å². The van der Waals surface area contributed by atoms with Crippen molar-refractivity contribution in [3.63, 3.8) is 0 Å². The average Bonchev–Trinajstić information content (AvgIpc) is 2.39. The number of halogens is 1. The summed E-state index contributed by atoms with van der Waals surface area (Å²) in [6.07, 6.45) is 5.27. The van der Waals surface area contributed by atoms with E-state index < -0.39 is 0 Å². The fraction of sp³-hybridized carbons (Fsp3) is 0.167. The molecule has 0 bridgehead atoms. The molecule has 0 saturated heterocycles. The number of hydrogen-bond acceptors (Lipinski definition) is 3. The van der Waals surface area contributed by atoms with Gasteiger partial charge in [0, 0.05) is 29.7 Å². The topological polar surface area (TPSA) is 35.0 Å². The molecule has 0 fully saturated rings. The summed E-state index contributed by atoms with van der Waals surface area (Å²) in [5.41, 5.74) is 2.97. The van der Waals surface area contributed by atoms with Crippen molar-refractivity contribution < 1.29 is 4.74 Å². The minimum Gasteiger partial charge on any atom is -0.481 e. The van der Waals surface area contributed by atoms with Crippen LogP contribution in [0.5, 0.6) is 5.88 Å². The van der Waals surface area contributed by atoms with Gasteiger partial charge in [0.25, 0.3) is 0 Å². The van der Waals surface area contributed by atoms with Crippen molar-refractivity contribution in [2.75, 3.05) is 7.11 Å². The molecule has 4 heteroatoms. The van der Waals surface area contributed by atoms with Crippen LogP contribution in [0.4, 0.5) is 0 Å². The summed E-state index contributed by atoms with van der Waals surface area (Å²) in [6.45, 7) is 0. The van der Waals surface area contributed by atoms with Gasteiger partial charge >= 0.3 is 0 Å². The lowest BCUT2D eigenvalue weighted by molar-refractivity contribution is 0.394. The van der Waals surface area contributed by atoms with Gasteiger partial charge in [0.2, 0.25) is 5.88 Å². The molecule has 0 N–H and O–H groups in total. The number of methoxy groups -OCH3 is 1. The Morgan fingerprint density at radius 1 is 1.25 bits per heavy atom. The number of alkyl halides is 1. The van der Waals surface area contributed by atoms with Crippen LogP contribution < -0.4 is 4.74 Å². The van der Waals surface area contributed by atoms with Gasteiger partial charge in [-0.1, -0.05) is 0 Å². The Bertz CT molecular complexity index is 474. The van der Waals surface area contributed by atoms with E-state index in [-0.39, 0.29) is 0 Å². The summed E-state index contributed by atoms with van der Waals surface area (Å²) >= 11 is 5.84. The molecule has 0 unspecified atom stereocenters. The Labute approximate surface area is 99.1 Å². The fourth-order valence-electron chi connectivity index (χ4n) is 1.48. The third-order valence-electron chi connectivity index (χ3n) is 2.28. The number of hydrogen-bond donors (Lipinski definition) is 0. The van der Waals surface area contributed by atoms with Crippen molar-refractivity contribution in [1.82, 2.24) is 9.97 Å². The summed E-state index contributed by atoms with van der Waals surface area (Å²) in [5, 5.41) is 0. The Hall–Kier alpha value is -1.61. The molecule has 0 amide bonds.